The highest BCUT2D eigenvalue weighted by Crippen LogP contribution is 2.37. The Kier molecular flexibility index (Phi) is 4.68. The number of allylic oxidation sites excluding steroid dienone is 3. The number of amides is 1. The number of carboxylic acids is 1. The minimum atomic E-state index is -1.19. The SMILES string of the molecule is CCCC1=C2C(=CC(C)C1)C(=O)C(C(=O)O)CCN2C(=O)O. The molecule has 0 bridgehead atoms. The molecule has 6 nitrogen and oxygen atoms in total. The van der Waals surface area contributed by atoms with E-state index in [9.17, 15) is 24.6 Å². The standard InChI is InChI=1S/C16H21NO5/c1-3-4-10-7-9(2)8-12-13(10)17(16(21)22)6-5-11(14(12)18)15(19)20/h8-9,11H,3-7H2,1-2H3,(H,19,20)(H,21,22). The topological polar surface area (TPSA) is 94.9 Å². The molecule has 1 aliphatic carbocycles. The van der Waals surface area contributed by atoms with Crippen LogP contribution in [0.25, 0.3) is 0 Å². The van der Waals surface area contributed by atoms with Crippen LogP contribution in [0.4, 0.5) is 4.79 Å². The first-order valence-electron chi connectivity index (χ1n) is 7.58. The van der Waals surface area contributed by atoms with Crippen LogP contribution in [0.2, 0.25) is 0 Å². The van der Waals surface area contributed by atoms with Gasteiger partial charge in [0.1, 0.15) is 5.92 Å². The maximum Gasteiger partial charge on any atom is 0.411 e. The first-order chi connectivity index (χ1) is 10.4. The normalized spacial score (nSPS) is 25.5. The molecule has 0 saturated carbocycles. The molecule has 2 rings (SSSR count). The molecule has 1 heterocycles. The third kappa shape index (κ3) is 2.91. The first-order valence-corrected chi connectivity index (χ1v) is 7.58. The van der Waals surface area contributed by atoms with E-state index in [1.807, 2.05) is 13.8 Å². The number of hydrogen-bond donors (Lipinski definition) is 2. The maximum absolute atomic E-state index is 12.6. The molecule has 0 aromatic rings. The lowest BCUT2D eigenvalue weighted by Gasteiger charge is -2.29. The van der Waals surface area contributed by atoms with Crippen molar-refractivity contribution in [3.8, 4) is 0 Å². The van der Waals surface area contributed by atoms with Gasteiger partial charge in [-0.05, 0) is 30.8 Å². The Morgan fingerprint density at radius 2 is 2.05 bits per heavy atom. The molecule has 1 saturated heterocycles. The molecule has 22 heavy (non-hydrogen) atoms. The average Bonchev–Trinajstić information content (AvgIpc) is 2.57. The Morgan fingerprint density at radius 1 is 1.36 bits per heavy atom. The van der Waals surface area contributed by atoms with Crippen LogP contribution < -0.4 is 0 Å². The molecule has 1 fully saturated rings. The molecule has 0 aromatic carbocycles. The van der Waals surface area contributed by atoms with E-state index >= 15 is 0 Å². The zero-order valence-electron chi connectivity index (χ0n) is 12.8. The second-order valence-corrected chi connectivity index (χ2v) is 5.94. The lowest BCUT2D eigenvalue weighted by Crippen LogP contribution is -2.32. The Balaban J connectivity index is 2.58. The van der Waals surface area contributed by atoms with Gasteiger partial charge in [-0.1, -0.05) is 26.3 Å². The fourth-order valence-electron chi connectivity index (χ4n) is 3.27. The first kappa shape index (κ1) is 16.3. The van der Waals surface area contributed by atoms with Gasteiger partial charge in [-0.3, -0.25) is 14.5 Å². The minimum Gasteiger partial charge on any atom is -0.481 e. The van der Waals surface area contributed by atoms with E-state index in [1.54, 1.807) is 6.08 Å². The van der Waals surface area contributed by atoms with Crippen LogP contribution >= 0.6 is 0 Å². The Morgan fingerprint density at radius 3 is 2.59 bits per heavy atom. The Hall–Kier alpha value is -2.11. The van der Waals surface area contributed by atoms with Crippen molar-refractivity contribution in [3.63, 3.8) is 0 Å². The van der Waals surface area contributed by atoms with Gasteiger partial charge in [-0.25, -0.2) is 4.79 Å². The van der Waals surface area contributed by atoms with Gasteiger partial charge in [0.2, 0.25) is 0 Å². The monoisotopic (exact) mass is 307 g/mol. The summed E-state index contributed by atoms with van der Waals surface area (Å²) in [4.78, 5) is 36.6. The van der Waals surface area contributed by atoms with Crippen molar-refractivity contribution in [2.75, 3.05) is 6.54 Å². The van der Waals surface area contributed by atoms with E-state index in [1.165, 1.54) is 0 Å². The van der Waals surface area contributed by atoms with Gasteiger partial charge < -0.3 is 10.2 Å². The van der Waals surface area contributed by atoms with Crippen molar-refractivity contribution in [2.24, 2.45) is 11.8 Å². The van der Waals surface area contributed by atoms with E-state index in [0.717, 1.165) is 16.9 Å². The van der Waals surface area contributed by atoms with E-state index in [2.05, 4.69) is 0 Å². The van der Waals surface area contributed by atoms with Crippen LogP contribution in [-0.4, -0.2) is 39.5 Å². The molecular weight excluding hydrogens is 286 g/mol. The quantitative estimate of drug-likeness (QED) is 0.782. The van der Waals surface area contributed by atoms with E-state index in [0.29, 0.717) is 18.5 Å². The van der Waals surface area contributed by atoms with Crippen LogP contribution in [0.1, 0.15) is 39.5 Å². The van der Waals surface area contributed by atoms with Crippen molar-refractivity contribution in [3.05, 3.63) is 22.9 Å². The van der Waals surface area contributed by atoms with Gasteiger partial charge in [-0.2, -0.15) is 0 Å². The summed E-state index contributed by atoms with van der Waals surface area (Å²) in [5, 5.41) is 18.7. The van der Waals surface area contributed by atoms with Crippen LogP contribution in [0.3, 0.4) is 0 Å². The van der Waals surface area contributed by atoms with Gasteiger partial charge in [0, 0.05) is 12.1 Å². The summed E-state index contributed by atoms with van der Waals surface area (Å²) < 4.78 is 0. The van der Waals surface area contributed by atoms with Crippen LogP contribution in [0, 0.1) is 11.8 Å². The lowest BCUT2D eigenvalue weighted by molar-refractivity contribution is -0.145. The fraction of sp³-hybridized carbons (Fsp3) is 0.562. The third-order valence-corrected chi connectivity index (χ3v) is 4.18. The zero-order chi connectivity index (χ0) is 16.4. The number of ketones is 1. The molecule has 0 aromatic heterocycles. The Bertz CT molecular complexity index is 575. The van der Waals surface area contributed by atoms with Crippen LogP contribution in [-0.2, 0) is 9.59 Å². The summed E-state index contributed by atoms with van der Waals surface area (Å²) in [5.41, 5.74) is 1.64. The highest BCUT2D eigenvalue weighted by atomic mass is 16.4. The second-order valence-electron chi connectivity index (χ2n) is 5.94. The number of nitrogens with zero attached hydrogens (tertiary/aromatic N) is 1. The molecule has 6 heteroatoms. The lowest BCUT2D eigenvalue weighted by atomic mass is 9.83. The number of carbonyl (C=O) groups is 3. The summed E-state index contributed by atoms with van der Waals surface area (Å²) in [6, 6.07) is 0. The molecule has 120 valence electrons. The van der Waals surface area contributed by atoms with Crippen molar-refractivity contribution >= 4 is 17.8 Å². The number of fused-ring (bicyclic) bond motifs is 1. The number of carbonyl (C=O) groups excluding carboxylic acids is 1. The number of aliphatic carboxylic acids is 1. The minimum absolute atomic E-state index is 0.00902. The molecule has 0 radical (unpaired) electrons. The number of likely N-dealkylation sites (tertiary alicyclic amines) is 1. The molecule has 2 unspecified atom stereocenters. The number of Topliss-reactive ketones (excluding diaryl/α,β-unsaturated/α-hetero) is 1. The van der Waals surface area contributed by atoms with E-state index in [-0.39, 0.29) is 24.5 Å². The van der Waals surface area contributed by atoms with Gasteiger partial charge in [0.25, 0.3) is 0 Å². The summed E-state index contributed by atoms with van der Waals surface area (Å²) in [6.45, 7) is 3.99. The number of hydrogen-bond acceptors (Lipinski definition) is 3. The number of rotatable bonds is 3. The van der Waals surface area contributed by atoms with E-state index < -0.39 is 23.8 Å². The van der Waals surface area contributed by atoms with Crippen molar-refractivity contribution < 1.29 is 24.6 Å². The molecule has 2 aliphatic rings. The Labute approximate surface area is 129 Å². The summed E-state index contributed by atoms with van der Waals surface area (Å²) in [7, 11) is 0. The zero-order valence-corrected chi connectivity index (χ0v) is 12.8. The van der Waals surface area contributed by atoms with E-state index in [4.69, 9.17) is 0 Å². The molecule has 1 aliphatic heterocycles. The smallest absolute Gasteiger partial charge is 0.411 e. The third-order valence-electron chi connectivity index (χ3n) is 4.18. The second kappa shape index (κ2) is 6.34. The maximum atomic E-state index is 12.6. The molecular formula is C16H21NO5. The van der Waals surface area contributed by atoms with Gasteiger partial charge in [-0.15, -0.1) is 0 Å². The van der Waals surface area contributed by atoms with Crippen molar-refractivity contribution in [2.45, 2.75) is 39.5 Å². The summed E-state index contributed by atoms with van der Waals surface area (Å²) in [6.07, 6.45) is 2.88. The fourth-order valence-corrected chi connectivity index (χ4v) is 3.27. The van der Waals surface area contributed by atoms with Gasteiger partial charge >= 0.3 is 12.1 Å². The van der Waals surface area contributed by atoms with Crippen LogP contribution in [0.5, 0.6) is 0 Å². The van der Waals surface area contributed by atoms with Gasteiger partial charge in [0.05, 0.1) is 5.70 Å². The molecule has 1 amide bonds. The van der Waals surface area contributed by atoms with Crippen molar-refractivity contribution in [1.82, 2.24) is 4.90 Å². The molecule has 2 atom stereocenters. The average molecular weight is 307 g/mol. The van der Waals surface area contributed by atoms with Gasteiger partial charge in [0.15, 0.2) is 5.78 Å². The summed E-state index contributed by atoms with van der Waals surface area (Å²) in [5.74, 6) is -2.72. The number of carboxylic acid groups (broad SMARTS) is 2. The highest BCUT2D eigenvalue weighted by molar-refractivity contribution is 6.11. The molecule has 2 N–H and O–H groups in total. The van der Waals surface area contributed by atoms with Crippen molar-refractivity contribution in [1.29, 1.82) is 0 Å². The summed E-state index contributed by atoms with van der Waals surface area (Å²) >= 11 is 0. The van der Waals surface area contributed by atoms with Crippen LogP contribution in [0.15, 0.2) is 22.9 Å². The predicted octanol–water partition coefficient (Wildman–Crippen LogP) is 2.66. The predicted molar refractivity (Wildman–Crippen MR) is 79.3 cm³/mol. The molecule has 0 spiro atoms. The highest BCUT2D eigenvalue weighted by Gasteiger charge is 2.40. The largest absolute Gasteiger partial charge is 0.481 e.